The van der Waals surface area contributed by atoms with Gasteiger partial charge in [-0.3, -0.25) is 4.79 Å². The monoisotopic (exact) mass is 266 g/mol. The van der Waals surface area contributed by atoms with E-state index in [-0.39, 0.29) is 20.8 Å². The van der Waals surface area contributed by atoms with Crippen molar-refractivity contribution in [3.05, 3.63) is 26.9 Å². The van der Waals surface area contributed by atoms with Crippen LogP contribution in [-0.2, 0) is 0 Å². The third-order valence-electron chi connectivity index (χ3n) is 1.52. The van der Waals surface area contributed by atoms with Gasteiger partial charge in [-0.2, -0.15) is 0 Å². The molecule has 0 atom stereocenters. The van der Waals surface area contributed by atoms with E-state index < -0.39 is 11.6 Å². The molecule has 0 unspecified atom stereocenters. The molecule has 0 aliphatic rings. The van der Waals surface area contributed by atoms with Gasteiger partial charge >= 0.3 is 0 Å². The van der Waals surface area contributed by atoms with Crippen LogP contribution >= 0.6 is 27.5 Å². The molecule has 0 saturated heterocycles. The second kappa shape index (κ2) is 3.64. The quantitative estimate of drug-likeness (QED) is 0.627. The van der Waals surface area contributed by atoms with Gasteiger partial charge in [-0.1, -0.05) is 11.6 Å². The number of phenols is 1. The van der Waals surface area contributed by atoms with Crippen molar-refractivity contribution in [2.24, 2.45) is 0 Å². The first kappa shape index (κ1) is 10.5. The molecule has 0 heterocycles. The minimum atomic E-state index is -0.774. The molecule has 2 nitrogen and oxygen atoms in total. The summed E-state index contributed by atoms with van der Waals surface area (Å²) in [7, 11) is 0. The van der Waals surface area contributed by atoms with Crippen LogP contribution in [0.5, 0.6) is 5.75 Å². The molecular weight excluding hydrogens is 262 g/mol. The minimum absolute atomic E-state index is 0.00160. The second-order valence-electron chi connectivity index (χ2n) is 2.44. The average Bonchev–Trinajstić information content (AvgIpc) is 2.07. The SMILES string of the molecule is CC(=O)c1cc(Cl)c(F)c(Br)c1O. The summed E-state index contributed by atoms with van der Waals surface area (Å²) in [4.78, 5) is 10.9. The van der Waals surface area contributed by atoms with Gasteiger partial charge in [0.1, 0.15) is 5.75 Å². The zero-order valence-corrected chi connectivity index (χ0v) is 8.91. The summed E-state index contributed by atoms with van der Waals surface area (Å²) in [6.07, 6.45) is 0. The summed E-state index contributed by atoms with van der Waals surface area (Å²) in [5.41, 5.74) is -0.00160. The predicted octanol–water partition coefficient (Wildman–Crippen LogP) is 3.15. The van der Waals surface area contributed by atoms with Crippen molar-refractivity contribution in [2.75, 3.05) is 0 Å². The van der Waals surface area contributed by atoms with Gasteiger partial charge in [0.05, 0.1) is 15.1 Å². The number of Topliss-reactive ketones (excluding diaryl/α,β-unsaturated/α-hetero) is 1. The van der Waals surface area contributed by atoms with Crippen LogP contribution in [0.4, 0.5) is 4.39 Å². The van der Waals surface area contributed by atoms with Gasteiger partial charge in [0.15, 0.2) is 11.6 Å². The van der Waals surface area contributed by atoms with Crippen molar-refractivity contribution < 1.29 is 14.3 Å². The van der Waals surface area contributed by atoms with Gasteiger partial charge in [0.2, 0.25) is 0 Å². The Kier molecular flexibility index (Phi) is 2.93. The fraction of sp³-hybridized carbons (Fsp3) is 0.125. The highest BCUT2D eigenvalue weighted by Gasteiger charge is 2.16. The lowest BCUT2D eigenvalue weighted by atomic mass is 10.1. The Bertz CT molecular complexity index is 379. The number of hydrogen-bond donors (Lipinski definition) is 1. The first-order chi connectivity index (χ1) is 5.95. The number of carbonyl (C=O) groups excluding carboxylic acids is 1. The standard InChI is InChI=1S/C8H5BrClFO2/c1-3(12)4-2-5(10)7(11)6(9)8(4)13/h2,13H,1H3. The highest BCUT2D eigenvalue weighted by atomic mass is 79.9. The van der Waals surface area contributed by atoms with Gasteiger partial charge in [-0.15, -0.1) is 0 Å². The van der Waals surface area contributed by atoms with Gasteiger partial charge in [0.25, 0.3) is 0 Å². The number of ketones is 1. The maximum atomic E-state index is 13.0. The van der Waals surface area contributed by atoms with Crippen LogP contribution in [0.15, 0.2) is 10.5 Å². The highest BCUT2D eigenvalue weighted by molar-refractivity contribution is 9.10. The van der Waals surface area contributed by atoms with Gasteiger partial charge < -0.3 is 5.11 Å². The molecule has 0 saturated carbocycles. The Hall–Kier alpha value is -0.610. The molecule has 0 aliphatic carbocycles. The Balaban J connectivity index is 3.50. The minimum Gasteiger partial charge on any atom is -0.506 e. The van der Waals surface area contributed by atoms with E-state index >= 15 is 0 Å². The van der Waals surface area contributed by atoms with E-state index in [1.54, 1.807) is 0 Å². The van der Waals surface area contributed by atoms with Crippen molar-refractivity contribution in [1.29, 1.82) is 0 Å². The van der Waals surface area contributed by atoms with Crippen LogP contribution in [0, 0.1) is 5.82 Å². The fourth-order valence-corrected chi connectivity index (χ4v) is 1.60. The molecule has 1 rings (SSSR count). The van der Waals surface area contributed by atoms with E-state index in [1.807, 2.05) is 0 Å². The zero-order chi connectivity index (χ0) is 10.2. The number of halogens is 3. The summed E-state index contributed by atoms with van der Waals surface area (Å²) >= 11 is 8.25. The summed E-state index contributed by atoms with van der Waals surface area (Å²) < 4.78 is 12.8. The lowest BCUT2D eigenvalue weighted by Gasteiger charge is -2.05. The molecule has 0 aliphatic heterocycles. The van der Waals surface area contributed by atoms with E-state index in [2.05, 4.69) is 15.9 Å². The topological polar surface area (TPSA) is 37.3 Å². The number of carbonyl (C=O) groups is 1. The molecule has 0 radical (unpaired) electrons. The molecule has 13 heavy (non-hydrogen) atoms. The largest absolute Gasteiger partial charge is 0.506 e. The third-order valence-corrected chi connectivity index (χ3v) is 2.51. The van der Waals surface area contributed by atoms with Crippen LogP contribution in [0.2, 0.25) is 5.02 Å². The number of aromatic hydroxyl groups is 1. The summed E-state index contributed by atoms with van der Waals surface area (Å²) in [6, 6.07) is 1.10. The third kappa shape index (κ3) is 1.84. The van der Waals surface area contributed by atoms with Crippen LogP contribution in [0.1, 0.15) is 17.3 Å². The Labute approximate surface area is 87.5 Å². The van der Waals surface area contributed by atoms with Crippen molar-refractivity contribution in [3.63, 3.8) is 0 Å². The molecule has 1 aromatic carbocycles. The molecule has 0 amide bonds. The normalized spacial score (nSPS) is 10.2. The summed E-state index contributed by atoms with van der Waals surface area (Å²) in [5, 5.41) is 9.11. The smallest absolute Gasteiger partial charge is 0.163 e. The van der Waals surface area contributed by atoms with Crippen molar-refractivity contribution in [3.8, 4) is 5.75 Å². The molecule has 1 aromatic rings. The predicted molar refractivity (Wildman–Crippen MR) is 50.8 cm³/mol. The Morgan fingerprint density at radius 1 is 1.69 bits per heavy atom. The first-order valence-corrected chi connectivity index (χ1v) is 4.49. The summed E-state index contributed by atoms with van der Waals surface area (Å²) in [6.45, 7) is 1.26. The van der Waals surface area contributed by atoms with E-state index in [4.69, 9.17) is 11.6 Å². The second-order valence-corrected chi connectivity index (χ2v) is 3.64. The van der Waals surface area contributed by atoms with E-state index in [9.17, 15) is 14.3 Å². The molecular formula is C8H5BrClFO2. The van der Waals surface area contributed by atoms with Crippen LogP contribution in [-0.4, -0.2) is 10.9 Å². The van der Waals surface area contributed by atoms with Crippen LogP contribution in [0.25, 0.3) is 0 Å². The molecule has 5 heteroatoms. The fourth-order valence-electron chi connectivity index (χ4n) is 0.854. The molecule has 0 fully saturated rings. The number of hydrogen-bond acceptors (Lipinski definition) is 2. The van der Waals surface area contributed by atoms with Crippen molar-refractivity contribution >= 4 is 33.3 Å². The van der Waals surface area contributed by atoms with E-state index in [0.717, 1.165) is 6.07 Å². The van der Waals surface area contributed by atoms with Crippen molar-refractivity contribution in [1.82, 2.24) is 0 Å². The Morgan fingerprint density at radius 3 is 2.69 bits per heavy atom. The van der Waals surface area contributed by atoms with E-state index in [0.29, 0.717) is 0 Å². The Morgan fingerprint density at radius 2 is 2.23 bits per heavy atom. The lowest BCUT2D eigenvalue weighted by molar-refractivity contribution is 0.101. The molecule has 1 N–H and O–H groups in total. The first-order valence-electron chi connectivity index (χ1n) is 3.32. The van der Waals surface area contributed by atoms with E-state index in [1.165, 1.54) is 6.92 Å². The van der Waals surface area contributed by atoms with Crippen molar-refractivity contribution in [2.45, 2.75) is 6.92 Å². The lowest BCUT2D eigenvalue weighted by Crippen LogP contribution is -1.95. The van der Waals surface area contributed by atoms with Gasteiger partial charge in [-0.05, 0) is 28.9 Å². The maximum absolute atomic E-state index is 13.0. The van der Waals surface area contributed by atoms with Gasteiger partial charge in [0, 0.05) is 0 Å². The zero-order valence-electron chi connectivity index (χ0n) is 6.57. The molecule has 0 spiro atoms. The molecule has 0 bridgehead atoms. The highest BCUT2D eigenvalue weighted by Crippen LogP contribution is 2.35. The molecule has 70 valence electrons. The number of benzene rings is 1. The van der Waals surface area contributed by atoms with Crippen LogP contribution in [0.3, 0.4) is 0 Å². The summed E-state index contributed by atoms with van der Waals surface area (Å²) in [5.74, 6) is -1.57. The molecule has 0 aromatic heterocycles. The van der Waals surface area contributed by atoms with Crippen LogP contribution < -0.4 is 0 Å². The maximum Gasteiger partial charge on any atom is 0.163 e. The van der Waals surface area contributed by atoms with Gasteiger partial charge in [-0.25, -0.2) is 4.39 Å². The number of phenolic OH excluding ortho intramolecular Hbond substituents is 1. The average molecular weight is 267 g/mol. The number of rotatable bonds is 1.